The fourth-order valence-corrected chi connectivity index (χ4v) is 4.84. The van der Waals surface area contributed by atoms with Gasteiger partial charge in [-0.1, -0.05) is 19.1 Å². The van der Waals surface area contributed by atoms with Crippen molar-refractivity contribution >= 4 is 17.4 Å². The molecule has 0 spiro atoms. The number of benzene rings is 2. The van der Waals surface area contributed by atoms with Crippen LogP contribution in [-0.4, -0.2) is 78.7 Å². The van der Waals surface area contributed by atoms with Crippen molar-refractivity contribution in [3.63, 3.8) is 0 Å². The molecule has 0 aromatic heterocycles. The van der Waals surface area contributed by atoms with Crippen molar-refractivity contribution in [2.75, 3.05) is 46.0 Å². The molecule has 2 fully saturated rings. The quantitative estimate of drug-likeness (QED) is 0.282. The predicted octanol–water partition coefficient (Wildman–Crippen LogP) is 4.32. The van der Waals surface area contributed by atoms with E-state index < -0.39 is 17.7 Å². The van der Waals surface area contributed by atoms with Crippen LogP contribution in [0.1, 0.15) is 49.9 Å². The number of rotatable bonds is 10. The number of carbonyl (C=O) groups is 2. The third-order valence-corrected chi connectivity index (χ3v) is 6.78. The molecule has 8 heteroatoms. The lowest BCUT2D eigenvalue weighted by Crippen LogP contribution is -2.42. The van der Waals surface area contributed by atoms with E-state index in [1.54, 1.807) is 23.1 Å². The number of ether oxygens (including phenoxy) is 3. The molecule has 2 aliphatic heterocycles. The Balaban J connectivity index is 1.71. The number of ketones is 1. The van der Waals surface area contributed by atoms with E-state index in [1.807, 2.05) is 52.0 Å². The van der Waals surface area contributed by atoms with Crippen molar-refractivity contribution in [1.82, 2.24) is 9.80 Å². The Labute approximate surface area is 224 Å². The van der Waals surface area contributed by atoms with Crippen molar-refractivity contribution in [2.24, 2.45) is 0 Å². The number of amides is 1. The molecule has 2 aliphatic rings. The Hall–Kier alpha value is -3.36. The van der Waals surface area contributed by atoms with E-state index in [1.165, 1.54) is 0 Å². The first-order chi connectivity index (χ1) is 18.3. The highest BCUT2D eigenvalue weighted by atomic mass is 16.5. The van der Waals surface area contributed by atoms with Gasteiger partial charge in [0.05, 0.1) is 37.5 Å². The summed E-state index contributed by atoms with van der Waals surface area (Å²) in [6.45, 7) is 12.3. The van der Waals surface area contributed by atoms with Crippen molar-refractivity contribution < 1.29 is 28.9 Å². The number of morpholine rings is 1. The molecule has 0 radical (unpaired) electrons. The lowest BCUT2D eigenvalue weighted by Gasteiger charge is -2.31. The first-order valence-corrected chi connectivity index (χ1v) is 13.4. The van der Waals surface area contributed by atoms with Crippen LogP contribution in [0, 0.1) is 6.92 Å². The van der Waals surface area contributed by atoms with E-state index in [9.17, 15) is 14.7 Å². The van der Waals surface area contributed by atoms with Crippen LogP contribution in [0.5, 0.6) is 11.5 Å². The predicted molar refractivity (Wildman–Crippen MR) is 145 cm³/mol. The molecule has 8 nitrogen and oxygen atoms in total. The second kappa shape index (κ2) is 12.5. The van der Waals surface area contributed by atoms with E-state index in [0.717, 1.165) is 36.4 Å². The van der Waals surface area contributed by atoms with E-state index >= 15 is 0 Å². The maximum atomic E-state index is 13.4. The van der Waals surface area contributed by atoms with Crippen molar-refractivity contribution in [3.8, 4) is 11.5 Å². The molecule has 1 amide bonds. The fraction of sp³-hybridized carbons (Fsp3) is 0.467. The summed E-state index contributed by atoms with van der Waals surface area (Å²) >= 11 is 0. The summed E-state index contributed by atoms with van der Waals surface area (Å²) in [5, 5.41) is 11.4. The van der Waals surface area contributed by atoms with Gasteiger partial charge in [0.25, 0.3) is 11.7 Å². The number of aliphatic hydroxyl groups is 1. The van der Waals surface area contributed by atoms with Gasteiger partial charge in [0.2, 0.25) is 0 Å². The number of hydrogen-bond donors (Lipinski definition) is 1. The van der Waals surface area contributed by atoms with Gasteiger partial charge in [0, 0.05) is 31.7 Å². The number of carbonyl (C=O) groups excluding carboxylic acids is 2. The highest BCUT2D eigenvalue weighted by molar-refractivity contribution is 6.46. The number of aliphatic hydroxyl groups excluding tert-OH is 1. The van der Waals surface area contributed by atoms with Crippen LogP contribution in [0.3, 0.4) is 0 Å². The van der Waals surface area contributed by atoms with Crippen LogP contribution >= 0.6 is 0 Å². The molecule has 1 N–H and O–H groups in total. The molecule has 2 aromatic carbocycles. The third-order valence-electron chi connectivity index (χ3n) is 6.78. The molecular weight excluding hydrogens is 484 g/mol. The first kappa shape index (κ1) is 27.7. The Morgan fingerprint density at radius 1 is 1.08 bits per heavy atom. The zero-order chi connectivity index (χ0) is 27.2. The summed E-state index contributed by atoms with van der Waals surface area (Å²) < 4.78 is 17.0. The largest absolute Gasteiger partial charge is 0.507 e. The van der Waals surface area contributed by atoms with E-state index in [-0.39, 0.29) is 17.4 Å². The molecule has 0 aliphatic carbocycles. The monoisotopic (exact) mass is 522 g/mol. The van der Waals surface area contributed by atoms with E-state index in [2.05, 4.69) is 4.90 Å². The Morgan fingerprint density at radius 2 is 1.79 bits per heavy atom. The highest BCUT2D eigenvalue weighted by Crippen LogP contribution is 2.40. The number of hydrogen-bond acceptors (Lipinski definition) is 7. The minimum absolute atomic E-state index is 0.00853. The fourth-order valence-electron chi connectivity index (χ4n) is 4.84. The average molecular weight is 523 g/mol. The number of likely N-dealkylation sites (tertiary alicyclic amines) is 1. The summed E-state index contributed by atoms with van der Waals surface area (Å²) in [6.07, 6.45) is 0.901. The molecule has 1 atom stereocenters. The van der Waals surface area contributed by atoms with E-state index in [4.69, 9.17) is 14.2 Å². The van der Waals surface area contributed by atoms with Gasteiger partial charge in [-0.2, -0.15) is 0 Å². The zero-order valence-corrected chi connectivity index (χ0v) is 22.7. The molecule has 38 heavy (non-hydrogen) atoms. The summed E-state index contributed by atoms with van der Waals surface area (Å²) in [5.41, 5.74) is 2.14. The van der Waals surface area contributed by atoms with Crippen molar-refractivity contribution in [1.29, 1.82) is 0 Å². The van der Waals surface area contributed by atoms with Crippen molar-refractivity contribution in [2.45, 2.75) is 46.3 Å². The molecule has 204 valence electrons. The smallest absolute Gasteiger partial charge is 0.295 e. The summed E-state index contributed by atoms with van der Waals surface area (Å²) in [4.78, 5) is 30.5. The molecule has 2 saturated heterocycles. The molecular formula is C30H38N2O6. The van der Waals surface area contributed by atoms with Crippen molar-refractivity contribution in [3.05, 3.63) is 64.7 Å². The lowest BCUT2D eigenvalue weighted by atomic mass is 9.94. The third kappa shape index (κ3) is 6.19. The number of nitrogens with zero attached hydrogens (tertiary/aromatic N) is 2. The second-order valence-electron chi connectivity index (χ2n) is 10.0. The molecule has 2 aromatic rings. The van der Waals surface area contributed by atoms with Gasteiger partial charge in [0.15, 0.2) is 0 Å². The second-order valence-corrected chi connectivity index (χ2v) is 10.0. The maximum Gasteiger partial charge on any atom is 0.295 e. The molecule has 0 bridgehead atoms. The van der Waals surface area contributed by atoms with Crippen LogP contribution in [0.4, 0.5) is 0 Å². The van der Waals surface area contributed by atoms with Gasteiger partial charge < -0.3 is 24.2 Å². The normalized spacial score (nSPS) is 19.8. The lowest BCUT2D eigenvalue weighted by molar-refractivity contribution is -0.140. The number of aryl methyl sites for hydroxylation is 1. The van der Waals surface area contributed by atoms with Crippen LogP contribution < -0.4 is 9.47 Å². The summed E-state index contributed by atoms with van der Waals surface area (Å²) in [6, 6.07) is 12.0. The van der Waals surface area contributed by atoms with Gasteiger partial charge in [-0.25, -0.2) is 0 Å². The van der Waals surface area contributed by atoms with Gasteiger partial charge in [-0.15, -0.1) is 0 Å². The molecule has 1 unspecified atom stereocenters. The number of Topliss-reactive ketones (excluding diaryl/α,β-unsaturated/α-hetero) is 1. The minimum Gasteiger partial charge on any atom is -0.507 e. The molecule has 0 saturated carbocycles. The first-order valence-electron chi connectivity index (χ1n) is 13.4. The summed E-state index contributed by atoms with van der Waals surface area (Å²) in [7, 11) is 0. The summed E-state index contributed by atoms with van der Waals surface area (Å²) in [5.74, 6) is -0.0414. The zero-order valence-electron chi connectivity index (χ0n) is 22.7. The Bertz CT molecular complexity index is 1170. The van der Waals surface area contributed by atoms with Crippen LogP contribution in [0.15, 0.2) is 48.0 Å². The molecule has 4 rings (SSSR count). The minimum atomic E-state index is -0.705. The van der Waals surface area contributed by atoms with Gasteiger partial charge >= 0.3 is 0 Å². The Morgan fingerprint density at radius 3 is 2.42 bits per heavy atom. The van der Waals surface area contributed by atoms with Gasteiger partial charge in [0.1, 0.15) is 17.3 Å². The van der Waals surface area contributed by atoms with Crippen LogP contribution in [0.2, 0.25) is 0 Å². The highest BCUT2D eigenvalue weighted by Gasteiger charge is 2.46. The standard InChI is InChI=1S/C30H38N2O6/c1-5-16-37-24-9-6-22(7-10-24)27-26(28(33)23-8-11-25(21(4)19-23)38-20(2)3)29(34)30(35)32(27)13-12-31-14-17-36-18-15-31/h6-11,19-20,27,33H,5,12-18H2,1-4H3/b28-26+. The molecule has 2 heterocycles. The Kier molecular flexibility index (Phi) is 9.07. The van der Waals surface area contributed by atoms with Gasteiger partial charge in [-0.05, 0) is 68.7 Å². The average Bonchev–Trinajstić information content (AvgIpc) is 3.17. The van der Waals surface area contributed by atoms with E-state index in [0.29, 0.717) is 44.2 Å². The van der Waals surface area contributed by atoms with Crippen LogP contribution in [-0.2, 0) is 14.3 Å². The topological polar surface area (TPSA) is 88.5 Å². The van der Waals surface area contributed by atoms with Crippen LogP contribution in [0.25, 0.3) is 5.76 Å². The maximum absolute atomic E-state index is 13.4. The van der Waals surface area contributed by atoms with Gasteiger partial charge in [-0.3, -0.25) is 14.5 Å². The SMILES string of the molecule is CCCOc1ccc(C2/C(=C(\O)c3ccc(OC(C)C)c(C)c3)C(=O)C(=O)N2CCN2CCOCC2)cc1.